The van der Waals surface area contributed by atoms with Crippen LogP contribution in [0.3, 0.4) is 0 Å². The molecule has 0 aliphatic carbocycles. The Balaban J connectivity index is 1.80. The minimum atomic E-state index is -0.170. The molecule has 3 aromatic heterocycles. The maximum Gasteiger partial charge on any atom is 0.327 e. The van der Waals surface area contributed by atoms with Crippen LogP contribution in [0.4, 0.5) is 0 Å². The number of aryl methyl sites for hydroxylation is 3. The van der Waals surface area contributed by atoms with Gasteiger partial charge < -0.3 is 14.2 Å². The Kier molecular flexibility index (Phi) is 4.62. The molecular weight excluding hydrogens is 404 g/mol. The Morgan fingerprint density at radius 1 is 1.12 bits per heavy atom. The number of nitrogens with zero attached hydrogens (tertiary/aromatic N) is 3. The first kappa shape index (κ1) is 20.1. The normalized spacial score (nSPS) is 12.5. The minimum Gasteiger partial charge on any atom is -0.496 e. The molecule has 5 rings (SSSR count). The van der Waals surface area contributed by atoms with Gasteiger partial charge in [0.1, 0.15) is 11.5 Å². The number of aromatic nitrogens is 4. The quantitative estimate of drug-likeness (QED) is 0.432. The number of H-pyrrole nitrogens is 1. The number of imidazole rings is 1. The number of benzene rings is 2. The van der Waals surface area contributed by atoms with E-state index in [1.165, 1.54) is 5.56 Å². The van der Waals surface area contributed by atoms with Crippen LogP contribution in [0.25, 0.3) is 33.1 Å². The molecule has 0 saturated heterocycles. The van der Waals surface area contributed by atoms with E-state index in [9.17, 15) is 4.79 Å². The molecular formula is C25H24N4O3. The molecule has 0 aliphatic heterocycles. The predicted octanol–water partition coefficient (Wildman–Crippen LogP) is 5.08. The van der Waals surface area contributed by atoms with Crippen LogP contribution in [-0.2, 0) is 0 Å². The lowest BCUT2D eigenvalue weighted by Gasteiger charge is -2.16. The van der Waals surface area contributed by atoms with E-state index in [0.29, 0.717) is 17.0 Å². The molecule has 0 spiro atoms. The van der Waals surface area contributed by atoms with Gasteiger partial charge in [0.05, 0.1) is 47.2 Å². The maximum atomic E-state index is 13.0. The van der Waals surface area contributed by atoms with E-state index in [4.69, 9.17) is 9.26 Å². The molecule has 0 radical (unpaired) electrons. The van der Waals surface area contributed by atoms with Crippen molar-refractivity contribution in [2.45, 2.75) is 33.7 Å². The minimum absolute atomic E-state index is 0.157. The summed E-state index contributed by atoms with van der Waals surface area (Å²) in [6, 6.07) is 12.0. The van der Waals surface area contributed by atoms with Crippen LogP contribution in [0.5, 0.6) is 5.75 Å². The number of nitrogens with one attached hydrogen (secondary N) is 1. The Morgan fingerprint density at radius 3 is 2.53 bits per heavy atom. The molecule has 7 heteroatoms. The van der Waals surface area contributed by atoms with Crippen LogP contribution in [0.15, 0.2) is 51.9 Å². The molecule has 0 aliphatic rings. The van der Waals surface area contributed by atoms with Crippen molar-refractivity contribution in [2.75, 3.05) is 7.11 Å². The molecule has 2 aromatic carbocycles. The summed E-state index contributed by atoms with van der Waals surface area (Å²) >= 11 is 0. The summed E-state index contributed by atoms with van der Waals surface area (Å²) in [6.45, 7) is 7.86. The van der Waals surface area contributed by atoms with Crippen molar-refractivity contribution in [1.29, 1.82) is 0 Å². The average Bonchev–Trinajstić information content (AvgIpc) is 3.30. The van der Waals surface area contributed by atoms with Gasteiger partial charge in [0.2, 0.25) is 0 Å². The smallest absolute Gasteiger partial charge is 0.327 e. The van der Waals surface area contributed by atoms with Gasteiger partial charge in [-0.3, -0.25) is 9.55 Å². The summed E-state index contributed by atoms with van der Waals surface area (Å²) in [5.41, 5.74) is 6.86. The van der Waals surface area contributed by atoms with Gasteiger partial charge in [-0.05, 0) is 45.4 Å². The zero-order valence-electron chi connectivity index (χ0n) is 18.7. The Bertz CT molecular complexity index is 1500. The van der Waals surface area contributed by atoms with Crippen molar-refractivity contribution in [2.24, 2.45) is 0 Å². The van der Waals surface area contributed by atoms with Gasteiger partial charge in [-0.15, -0.1) is 0 Å². The molecule has 5 aromatic rings. The highest BCUT2D eigenvalue weighted by molar-refractivity contribution is 6.04. The summed E-state index contributed by atoms with van der Waals surface area (Å²) in [4.78, 5) is 20.6. The molecule has 0 amide bonds. The van der Waals surface area contributed by atoms with Gasteiger partial charge in [-0.2, -0.15) is 0 Å². The number of fused-ring (bicyclic) bond motifs is 3. The zero-order valence-corrected chi connectivity index (χ0v) is 18.7. The second kappa shape index (κ2) is 7.37. The second-order valence-corrected chi connectivity index (χ2v) is 8.18. The fourth-order valence-corrected chi connectivity index (χ4v) is 4.43. The van der Waals surface area contributed by atoms with Crippen molar-refractivity contribution in [3.63, 3.8) is 0 Å². The molecule has 1 atom stereocenters. The van der Waals surface area contributed by atoms with Crippen molar-refractivity contribution in [3.8, 4) is 16.9 Å². The fourth-order valence-electron chi connectivity index (χ4n) is 4.43. The van der Waals surface area contributed by atoms with Crippen molar-refractivity contribution in [3.05, 3.63) is 75.7 Å². The number of methoxy groups -OCH3 is 1. The molecule has 32 heavy (non-hydrogen) atoms. The third kappa shape index (κ3) is 3.00. The average molecular weight is 428 g/mol. The Morgan fingerprint density at radius 2 is 1.88 bits per heavy atom. The highest BCUT2D eigenvalue weighted by Crippen LogP contribution is 2.39. The monoisotopic (exact) mass is 428 g/mol. The number of aromatic amines is 1. The van der Waals surface area contributed by atoms with Gasteiger partial charge in [0.25, 0.3) is 0 Å². The van der Waals surface area contributed by atoms with E-state index in [1.54, 1.807) is 17.9 Å². The highest BCUT2D eigenvalue weighted by Gasteiger charge is 2.21. The largest absolute Gasteiger partial charge is 0.496 e. The lowest BCUT2D eigenvalue weighted by atomic mass is 10.00. The van der Waals surface area contributed by atoms with Crippen molar-refractivity contribution in [1.82, 2.24) is 19.7 Å². The van der Waals surface area contributed by atoms with Crippen LogP contribution in [0, 0.1) is 20.8 Å². The Labute approximate surface area is 184 Å². The van der Waals surface area contributed by atoms with Crippen molar-refractivity contribution >= 4 is 21.9 Å². The van der Waals surface area contributed by atoms with Crippen molar-refractivity contribution < 1.29 is 9.26 Å². The topological polar surface area (TPSA) is 85.9 Å². The summed E-state index contributed by atoms with van der Waals surface area (Å²) in [5.74, 6) is 1.39. The summed E-state index contributed by atoms with van der Waals surface area (Å²) in [5, 5.41) is 4.92. The molecule has 0 fully saturated rings. The third-order valence-electron chi connectivity index (χ3n) is 6.11. The van der Waals surface area contributed by atoms with Gasteiger partial charge in [-0.25, -0.2) is 4.79 Å². The maximum absolute atomic E-state index is 13.0. The lowest BCUT2D eigenvalue weighted by Crippen LogP contribution is -2.21. The van der Waals surface area contributed by atoms with Gasteiger partial charge >= 0.3 is 5.69 Å². The van der Waals surface area contributed by atoms with E-state index >= 15 is 0 Å². The number of rotatable bonds is 4. The fraction of sp³-hybridized carbons (Fsp3) is 0.240. The van der Waals surface area contributed by atoms with E-state index in [2.05, 4.69) is 39.4 Å². The van der Waals surface area contributed by atoms with Gasteiger partial charge in [0, 0.05) is 10.9 Å². The molecule has 162 valence electrons. The molecule has 1 unspecified atom stereocenters. The zero-order chi connectivity index (χ0) is 22.6. The number of pyridine rings is 1. The second-order valence-electron chi connectivity index (χ2n) is 8.18. The van der Waals surface area contributed by atoms with E-state index in [1.807, 2.05) is 39.8 Å². The van der Waals surface area contributed by atoms with Crippen LogP contribution in [0.1, 0.15) is 35.5 Å². The molecule has 0 saturated carbocycles. The molecule has 3 heterocycles. The van der Waals surface area contributed by atoms with E-state index in [0.717, 1.165) is 38.8 Å². The van der Waals surface area contributed by atoms with E-state index in [-0.39, 0.29) is 11.7 Å². The first-order chi connectivity index (χ1) is 15.4. The highest BCUT2D eigenvalue weighted by atomic mass is 16.5. The molecule has 1 N–H and O–H groups in total. The van der Waals surface area contributed by atoms with Crippen LogP contribution < -0.4 is 10.4 Å². The Hall–Kier alpha value is -3.87. The predicted molar refractivity (Wildman–Crippen MR) is 124 cm³/mol. The third-order valence-corrected chi connectivity index (χ3v) is 6.11. The first-order valence-electron chi connectivity index (χ1n) is 10.5. The molecule has 0 bridgehead atoms. The number of hydrogen-bond acceptors (Lipinski definition) is 5. The lowest BCUT2D eigenvalue weighted by molar-refractivity contribution is 0.393. The number of ether oxygens (including phenoxy) is 1. The summed E-state index contributed by atoms with van der Waals surface area (Å²) in [6.07, 6.45) is 1.71. The van der Waals surface area contributed by atoms with Gasteiger partial charge in [0.15, 0.2) is 0 Å². The van der Waals surface area contributed by atoms with Crippen LogP contribution in [0.2, 0.25) is 0 Å². The molecule has 7 nitrogen and oxygen atoms in total. The van der Waals surface area contributed by atoms with Gasteiger partial charge in [-0.1, -0.05) is 35.0 Å². The summed E-state index contributed by atoms with van der Waals surface area (Å²) in [7, 11) is 1.63. The first-order valence-corrected chi connectivity index (χ1v) is 10.5. The number of hydrogen-bond donors (Lipinski definition) is 1. The van der Waals surface area contributed by atoms with E-state index < -0.39 is 0 Å². The summed E-state index contributed by atoms with van der Waals surface area (Å²) < 4.78 is 12.9. The standard InChI is InChI=1S/C25H24N4O3/c1-13-6-8-17(9-7-13)15(3)29-24-18-11-22(31-5)19(23-14(2)28-32-16(23)4)10-20(18)26-12-21(24)27-25(29)30/h6-12,15H,1-5H3,(H,27,30). The SMILES string of the molecule is COc1cc2c(cc1-c1c(C)noc1C)ncc1[nH]c(=O)n(C(C)c3ccc(C)cc3)c12. The van der Waals surface area contributed by atoms with Crippen LogP contribution >= 0.6 is 0 Å². The van der Waals surface area contributed by atoms with Crippen LogP contribution in [-0.4, -0.2) is 26.8 Å².